The highest BCUT2D eigenvalue weighted by Gasteiger charge is 2.27. The van der Waals surface area contributed by atoms with Gasteiger partial charge in [0.05, 0.1) is 29.6 Å². The van der Waals surface area contributed by atoms with Gasteiger partial charge in [-0.3, -0.25) is 14.2 Å². The second kappa shape index (κ2) is 6.70. The van der Waals surface area contributed by atoms with E-state index in [0.717, 1.165) is 44.7 Å². The molecule has 0 atom stereocenters. The molecule has 0 spiro atoms. The molecule has 1 aliphatic rings. The predicted octanol–water partition coefficient (Wildman–Crippen LogP) is 3.16. The topological polar surface area (TPSA) is 73.8 Å². The zero-order valence-electron chi connectivity index (χ0n) is 17.3. The summed E-state index contributed by atoms with van der Waals surface area (Å²) in [5.74, 6) is 0.0582. The molecule has 8 nitrogen and oxygen atoms in total. The lowest BCUT2D eigenvalue weighted by molar-refractivity contribution is -0.130. The number of aromatic nitrogens is 6. The van der Waals surface area contributed by atoms with Crippen molar-refractivity contribution in [3.05, 3.63) is 41.1 Å². The smallest absolute Gasteiger partial charge is 0.219 e. The minimum absolute atomic E-state index is 0.0582. The number of rotatable bonds is 2. The molecule has 4 heterocycles. The number of fused-ring (bicyclic) bond motifs is 2. The maximum atomic E-state index is 12.0. The highest BCUT2D eigenvalue weighted by molar-refractivity contribution is 6.28. The van der Waals surface area contributed by atoms with Crippen molar-refractivity contribution in [3.8, 4) is 22.5 Å². The van der Waals surface area contributed by atoms with Gasteiger partial charge in [-0.15, -0.1) is 0 Å². The zero-order chi connectivity index (χ0) is 21.2. The van der Waals surface area contributed by atoms with Gasteiger partial charge in [-0.05, 0) is 36.2 Å². The molecule has 5 rings (SSSR count). The van der Waals surface area contributed by atoms with E-state index >= 15 is 0 Å². The summed E-state index contributed by atoms with van der Waals surface area (Å²) in [5, 5.41) is 10.5. The van der Waals surface area contributed by atoms with E-state index in [0.29, 0.717) is 24.9 Å². The third-order valence-corrected chi connectivity index (χ3v) is 6.12. The molecule has 154 valence electrons. The summed E-state index contributed by atoms with van der Waals surface area (Å²) in [7, 11) is 3.84. The maximum Gasteiger partial charge on any atom is 0.219 e. The molecular weight excluding hydrogens is 402 g/mol. The van der Waals surface area contributed by atoms with Crippen molar-refractivity contribution in [1.82, 2.24) is 34.0 Å². The SMILES string of the molecule is CC(=O)N1CCn2c(Cl)nc(-c3cc4c(-c5cnn(C)c5)nn(C)c4cc3C)c2C1. The van der Waals surface area contributed by atoms with E-state index in [4.69, 9.17) is 16.7 Å². The first kappa shape index (κ1) is 18.9. The summed E-state index contributed by atoms with van der Waals surface area (Å²) in [6, 6.07) is 4.26. The van der Waals surface area contributed by atoms with Gasteiger partial charge in [0.15, 0.2) is 0 Å². The largest absolute Gasteiger partial charge is 0.335 e. The number of imidazole rings is 1. The summed E-state index contributed by atoms with van der Waals surface area (Å²) in [6.45, 7) is 5.46. The molecule has 0 unspecified atom stereocenters. The van der Waals surface area contributed by atoms with Gasteiger partial charge < -0.3 is 9.47 Å². The Bertz CT molecular complexity index is 1310. The predicted molar refractivity (Wildman–Crippen MR) is 115 cm³/mol. The molecule has 4 aromatic rings. The Morgan fingerprint density at radius 3 is 2.67 bits per heavy atom. The molecule has 3 aromatic heterocycles. The lowest BCUT2D eigenvalue weighted by Gasteiger charge is -2.28. The molecule has 0 aliphatic carbocycles. The van der Waals surface area contributed by atoms with E-state index in [9.17, 15) is 4.79 Å². The highest BCUT2D eigenvalue weighted by Crippen LogP contribution is 2.36. The van der Waals surface area contributed by atoms with Gasteiger partial charge in [-0.1, -0.05) is 0 Å². The van der Waals surface area contributed by atoms with Gasteiger partial charge in [-0.25, -0.2) is 4.98 Å². The van der Waals surface area contributed by atoms with Gasteiger partial charge in [0.25, 0.3) is 0 Å². The average molecular weight is 424 g/mol. The van der Waals surface area contributed by atoms with Crippen LogP contribution in [-0.2, 0) is 32.0 Å². The molecule has 1 amide bonds. The second-order valence-electron chi connectivity index (χ2n) is 7.83. The molecule has 1 aliphatic heterocycles. The Kier molecular flexibility index (Phi) is 4.21. The minimum Gasteiger partial charge on any atom is -0.335 e. The third kappa shape index (κ3) is 2.82. The minimum atomic E-state index is 0.0582. The van der Waals surface area contributed by atoms with Gasteiger partial charge in [0.1, 0.15) is 5.69 Å². The number of carbonyl (C=O) groups excluding carboxylic acids is 1. The van der Waals surface area contributed by atoms with E-state index in [-0.39, 0.29) is 5.91 Å². The maximum absolute atomic E-state index is 12.0. The lowest BCUT2D eigenvalue weighted by atomic mass is 9.99. The van der Waals surface area contributed by atoms with Crippen molar-refractivity contribution in [2.24, 2.45) is 14.1 Å². The summed E-state index contributed by atoms with van der Waals surface area (Å²) in [5.41, 5.74) is 6.76. The van der Waals surface area contributed by atoms with Crippen LogP contribution in [-0.4, -0.2) is 46.5 Å². The van der Waals surface area contributed by atoms with Crippen molar-refractivity contribution in [2.45, 2.75) is 26.9 Å². The fourth-order valence-electron chi connectivity index (χ4n) is 4.23. The summed E-state index contributed by atoms with van der Waals surface area (Å²) >= 11 is 6.47. The van der Waals surface area contributed by atoms with E-state index in [1.807, 2.05) is 40.6 Å². The zero-order valence-corrected chi connectivity index (χ0v) is 18.1. The van der Waals surface area contributed by atoms with Crippen molar-refractivity contribution in [2.75, 3.05) is 6.54 Å². The number of carbonyl (C=O) groups is 1. The van der Waals surface area contributed by atoms with Gasteiger partial charge >= 0.3 is 0 Å². The first-order chi connectivity index (χ1) is 14.3. The first-order valence-electron chi connectivity index (χ1n) is 9.80. The van der Waals surface area contributed by atoms with Crippen LogP contribution in [0.3, 0.4) is 0 Å². The van der Waals surface area contributed by atoms with Gasteiger partial charge in [-0.2, -0.15) is 10.2 Å². The van der Waals surface area contributed by atoms with Crippen molar-refractivity contribution in [3.63, 3.8) is 0 Å². The van der Waals surface area contributed by atoms with Crippen molar-refractivity contribution >= 4 is 28.4 Å². The quantitative estimate of drug-likeness (QED) is 0.496. The molecule has 0 bridgehead atoms. The van der Waals surface area contributed by atoms with E-state index < -0.39 is 0 Å². The summed E-state index contributed by atoms with van der Waals surface area (Å²) in [4.78, 5) is 18.5. The lowest BCUT2D eigenvalue weighted by Crippen LogP contribution is -2.36. The molecule has 0 fully saturated rings. The Balaban J connectivity index is 1.71. The fourth-order valence-corrected chi connectivity index (χ4v) is 4.50. The van der Waals surface area contributed by atoms with Gasteiger partial charge in [0.2, 0.25) is 11.2 Å². The third-order valence-electron chi connectivity index (χ3n) is 5.84. The van der Waals surface area contributed by atoms with Crippen molar-refractivity contribution < 1.29 is 4.79 Å². The van der Waals surface area contributed by atoms with Crippen LogP contribution < -0.4 is 0 Å². The normalized spacial score (nSPS) is 13.8. The van der Waals surface area contributed by atoms with Crippen LogP contribution >= 0.6 is 11.6 Å². The summed E-state index contributed by atoms with van der Waals surface area (Å²) in [6.07, 6.45) is 3.78. The molecule has 0 N–H and O–H groups in total. The molecule has 9 heteroatoms. The van der Waals surface area contributed by atoms with Crippen LogP contribution in [0.25, 0.3) is 33.4 Å². The standard InChI is InChI=1S/C21H22ClN7O/c1-12-7-17-16(19(25-27(17)4)14-9-23-26(3)10-14)8-15(12)20-18-11-28(13(2)30)5-6-29(18)21(22)24-20/h7-10H,5-6,11H2,1-4H3. The Labute approximate surface area is 178 Å². The number of halogens is 1. The van der Waals surface area contributed by atoms with Crippen LogP contribution in [0, 0.1) is 6.92 Å². The van der Waals surface area contributed by atoms with E-state index in [2.05, 4.69) is 29.1 Å². The molecule has 1 aromatic carbocycles. The Morgan fingerprint density at radius 2 is 1.97 bits per heavy atom. The van der Waals surface area contributed by atoms with Crippen LogP contribution in [0.2, 0.25) is 5.28 Å². The number of nitrogens with zero attached hydrogens (tertiary/aromatic N) is 7. The van der Waals surface area contributed by atoms with Crippen molar-refractivity contribution in [1.29, 1.82) is 0 Å². The summed E-state index contributed by atoms with van der Waals surface area (Å²) < 4.78 is 5.67. The Hall–Kier alpha value is -3.13. The molecule has 0 saturated heterocycles. The molecule has 30 heavy (non-hydrogen) atoms. The van der Waals surface area contributed by atoms with Crippen LogP contribution in [0.5, 0.6) is 0 Å². The van der Waals surface area contributed by atoms with Gasteiger partial charge in [0, 0.05) is 56.8 Å². The molecule has 0 saturated carbocycles. The molecule has 0 radical (unpaired) electrons. The average Bonchev–Trinajstić information content (AvgIpc) is 3.37. The van der Waals surface area contributed by atoms with E-state index in [1.54, 1.807) is 11.6 Å². The van der Waals surface area contributed by atoms with Crippen LogP contribution in [0.15, 0.2) is 24.5 Å². The molecular formula is C21H22ClN7O. The van der Waals surface area contributed by atoms with Crippen LogP contribution in [0.1, 0.15) is 18.2 Å². The number of aryl methyl sites for hydroxylation is 3. The second-order valence-corrected chi connectivity index (χ2v) is 8.17. The van der Waals surface area contributed by atoms with Crippen LogP contribution in [0.4, 0.5) is 0 Å². The highest BCUT2D eigenvalue weighted by atomic mass is 35.5. The number of benzene rings is 1. The Morgan fingerprint density at radius 1 is 1.17 bits per heavy atom. The fraction of sp³-hybridized carbons (Fsp3) is 0.333. The number of hydrogen-bond acceptors (Lipinski definition) is 4. The number of amides is 1. The number of hydrogen-bond donors (Lipinski definition) is 0. The van der Waals surface area contributed by atoms with E-state index in [1.165, 1.54) is 0 Å². The monoisotopic (exact) mass is 423 g/mol. The first-order valence-corrected chi connectivity index (χ1v) is 10.2.